The molecule has 1 saturated carbocycles. The van der Waals surface area contributed by atoms with E-state index in [1.54, 1.807) is 10.9 Å². The third kappa shape index (κ3) is 2.68. The molecular weight excluding hydrogens is 379 g/mol. The summed E-state index contributed by atoms with van der Waals surface area (Å²) in [6.45, 7) is 0.174. The fourth-order valence-corrected chi connectivity index (χ4v) is 5.17. The smallest absolute Gasteiger partial charge is 0.254 e. The Morgan fingerprint density at radius 3 is 3.00 bits per heavy atom. The molecule has 1 amide bonds. The van der Waals surface area contributed by atoms with Crippen molar-refractivity contribution in [1.82, 2.24) is 20.1 Å². The maximum atomic E-state index is 15.2. The van der Waals surface area contributed by atoms with Crippen LogP contribution in [0.15, 0.2) is 12.3 Å². The van der Waals surface area contributed by atoms with Gasteiger partial charge in [-0.3, -0.25) is 9.48 Å². The van der Waals surface area contributed by atoms with Gasteiger partial charge in [0, 0.05) is 31.2 Å². The molecule has 0 radical (unpaired) electrons. The standard InChI is InChI=1S/C19H21FN6OS/c1-26-12-6-13(28-14(12)8-23-26)17-15-9(7-22-19(15)27)16(20)18(25-17)24-11-5-3-2-4-10(11)21/h6,8,10-11H,2-5,7,21H2,1H3,(H,22,27)(H,24,25)/t10-,11+/m0/s1. The fourth-order valence-electron chi connectivity index (χ4n) is 4.13. The van der Waals surface area contributed by atoms with Crippen molar-refractivity contribution in [3.8, 4) is 10.6 Å². The lowest BCUT2D eigenvalue weighted by atomic mass is 9.91. The summed E-state index contributed by atoms with van der Waals surface area (Å²) in [5, 5.41) is 10.2. The Morgan fingerprint density at radius 1 is 1.39 bits per heavy atom. The number of hydrogen-bond acceptors (Lipinski definition) is 6. The van der Waals surface area contributed by atoms with Gasteiger partial charge in [-0.1, -0.05) is 12.8 Å². The van der Waals surface area contributed by atoms with Crippen LogP contribution in [0.25, 0.3) is 20.8 Å². The number of carbonyl (C=O) groups excluding carboxylic acids is 1. The molecule has 0 spiro atoms. The molecule has 0 saturated heterocycles. The Kier molecular flexibility index (Phi) is 4.09. The maximum absolute atomic E-state index is 15.2. The number of aryl methyl sites for hydroxylation is 1. The second kappa shape index (κ2) is 6.52. The third-order valence-electron chi connectivity index (χ3n) is 5.70. The predicted octanol–water partition coefficient (Wildman–Crippen LogP) is 2.76. The first kappa shape index (κ1) is 17.6. The van der Waals surface area contributed by atoms with Crippen LogP contribution in [0.3, 0.4) is 0 Å². The van der Waals surface area contributed by atoms with Gasteiger partial charge in [0.25, 0.3) is 5.91 Å². The number of pyridine rings is 1. The molecule has 2 atom stereocenters. The molecule has 1 aliphatic carbocycles. The minimum atomic E-state index is -0.461. The van der Waals surface area contributed by atoms with Gasteiger partial charge in [0.15, 0.2) is 11.6 Å². The minimum absolute atomic E-state index is 0.0154. The fraction of sp³-hybridized carbons (Fsp3) is 0.421. The van der Waals surface area contributed by atoms with E-state index in [4.69, 9.17) is 5.73 Å². The average molecular weight is 400 g/mol. The number of aromatic nitrogens is 3. The zero-order chi connectivity index (χ0) is 19.4. The first-order valence-corrected chi connectivity index (χ1v) is 10.3. The quantitative estimate of drug-likeness (QED) is 0.628. The molecule has 0 bridgehead atoms. The van der Waals surface area contributed by atoms with Crippen LogP contribution >= 0.6 is 11.3 Å². The summed E-state index contributed by atoms with van der Waals surface area (Å²) in [6, 6.07) is 1.91. The van der Waals surface area contributed by atoms with Crippen molar-refractivity contribution in [1.29, 1.82) is 0 Å². The number of carbonyl (C=O) groups is 1. The van der Waals surface area contributed by atoms with Gasteiger partial charge in [-0.05, 0) is 18.9 Å². The number of amides is 1. The molecule has 2 aliphatic rings. The highest BCUT2D eigenvalue weighted by Gasteiger charge is 2.32. The van der Waals surface area contributed by atoms with Crippen molar-refractivity contribution in [2.45, 2.75) is 44.3 Å². The van der Waals surface area contributed by atoms with E-state index >= 15 is 4.39 Å². The summed E-state index contributed by atoms with van der Waals surface area (Å²) in [6.07, 6.45) is 5.75. The van der Waals surface area contributed by atoms with Crippen molar-refractivity contribution in [3.63, 3.8) is 0 Å². The molecule has 28 heavy (non-hydrogen) atoms. The highest BCUT2D eigenvalue weighted by molar-refractivity contribution is 7.22. The summed E-state index contributed by atoms with van der Waals surface area (Å²) >= 11 is 1.50. The van der Waals surface area contributed by atoms with Crippen LogP contribution in [0, 0.1) is 5.82 Å². The topological polar surface area (TPSA) is 97.9 Å². The average Bonchev–Trinajstić information content (AvgIpc) is 3.36. The number of nitrogens with zero attached hydrogens (tertiary/aromatic N) is 3. The molecule has 9 heteroatoms. The Balaban J connectivity index is 1.63. The van der Waals surface area contributed by atoms with Gasteiger partial charge in [-0.2, -0.15) is 5.10 Å². The lowest BCUT2D eigenvalue weighted by Crippen LogP contribution is -2.43. The molecule has 4 N–H and O–H groups in total. The van der Waals surface area contributed by atoms with E-state index in [0.29, 0.717) is 16.8 Å². The molecule has 1 aliphatic heterocycles. The number of thiophene rings is 1. The zero-order valence-electron chi connectivity index (χ0n) is 15.5. The van der Waals surface area contributed by atoms with E-state index in [0.717, 1.165) is 40.8 Å². The van der Waals surface area contributed by atoms with Gasteiger partial charge in [-0.25, -0.2) is 9.37 Å². The van der Waals surface area contributed by atoms with Crippen molar-refractivity contribution in [2.75, 3.05) is 5.32 Å². The third-order valence-corrected chi connectivity index (χ3v) is 6.77. The van der Waals surface area contributed by atoms with Gasteiger partial charge in [-0.15, -0.1) is 11.3 Å². The number of hydrogen-bond donors (Lipinski definition) is 3. The minimum Gasteiger partial charge on any atom is -0.363 e. The van der Waals surface area contributed by atoms with E-state index in [1.165, 1.54) is 11.3 Å². The molecule has 0 unspecified atom stereocenters. The van der Waals surface area contributed by atoms with Crippen molar-refractivity contribution in [3.05, 3.63) is 29.2 Å². The summed E-state index contributed by atoms with van der Waals surface area (Å²) in [5.41, 5.74) is 8.40. The van der Waals surface area contributed by atoms with E-state index < -0.39 is 5.82 Å². The normalized spacial score (nSPS) is 21.8. The van der Waals surface area contributed by atoms with Crippen LogP contribution in [0.2, 0.25) is 0 Å². The van der Waals surface area contributed by atoms with Crippen LogP contribution < -0.4 is 16.4 Å². The monoisotopic (exact) mass is 400 g/mol. The highest BCUT2D eigenvalue weighted by atomic mass is 32.1. The predicted molar refractivity (Wildman–Crippen MR) is 107 cm³/mol. The van der Waals surface area contributed by atoms with Crippen molar-refractivity contribution in [2.24, 2.45) is 12.8 Å². The lowest BCUT2D eigenvalue weighted by Gasteiger charge is -2.30. The second-order valence-corrected chi connectivity index (χ2v) is 8.57. The van der Waals surface area contributed by atoms with Gasteiger partial charge in [0.1, 0.15) is 0 Å². The lowest BCUT2D eigenvalue weighted by molar-refractivity contribution is 0.0966. The number of fused-ring (bicyclic) bond motifs is 2. The Bertz CT molecular complexity index is 1090. The van der Waals surface area contributed by atoms with Crippen LogP contribution in [0.5, 0.6) is 0 Å². The molecule has 0 aromatic carbocycles. The number of nitrogens with one attached hydrogen (secondary N) is 2. The van der Waals surface area contributed by atoms with E-state index in [2.05, 4.69) is 20.7 Å². The Hall–Kier alpha value is -2.52. The van der Waals surface area contributed by atoms with E-state index in [1.807, 2.05) is 13.1 Å². The Morgan fingerprint density at radius 2 is 2.21 bits per heavy atom. The molecule has 146 valence electrons. The Labute approximate surface area is 165 Å². The number of rotatable bonds is 3. The van der Waals surface area contributed by atoms with Crippen LogP contribution in [-0.4, -0.2) is 32.8 Å². The van der Waals surface area contributed by atoms with E-state index in [9.17, 15) is 4.79 Å². The first-order chi connectivity index (χ1) is 13.5. The summed E-state index contributed by atoms with van der Waals surface area (Å²) in [4.78, 5) is 17.8. The molecule has 4 heterocycles. The zero-order valence-corrected chi connectivity index (χ0v) is 16.3. The molecule has 1 fully saturated rings. The highest BCUT2D eigenvalue weighted by Crippen LogP contribution is 2.38. The molecule has 3 aromatic rings. The van der Waals surface area contributed by atoms with Crippen LogP contribution in [-0.2, 0) is 13.6 Å². The van der Waals surface area contributed by atoms with Crippen LogP contribution in [0.4, 0.5) is 10.2 Å². The largest absolute Gasteiger partial charge is 0.363 e. The van der Waals surface area contributed by atoms with Gasteiger partial charge < -0.3 is 16.4 Å². The SMILES string of the molecule is Cn1ncc2sc(-c3nc(N[C@@H]4CCCC[C@@H]4N)c(F)c4c3C(=O)NC4)cc21. The summed E-state index contributed by atoms with van der Waals surface area (Å²) < 4.78 is 17.9. The summed E-state index contributed by atoms with van der Waals surface area (Å²) in [7, 11) is 1.87. The molecular formula is C19H21FN6OS. The number of nitrogens with two attached hydrogens (primary N) is 1. The van der Waals surface area contributed by atoms with Gasteiger partial charge >= 0.3 is 0 Å². The van der Waals surface area contributed by atoms with Gasteiger partial charge in [0.2, 0.25) is 0 Å². The first-order valence-electron chi connectivity index (χ1n) is 9.47. The number of anilines is 1. The van der Waals surface area contributed by atoms with E-state index in [-0.39, 0.29) is 30.4 Å². The second-order valence-electron chi connectivity index (χ2n) is 7.49. The maximum Gasteiger partial charge on any atom is 0.254 e. The van der Waals surface area contributed by atoms with Crippen LogP contribution in [0.1, 0.15) is 41.6 Å². The van der Waals surface area contributed by atoms with Crippen molar-refractivity contribution >= 4 is 33.3 Å². The molecule has 5 rings (SSSR count). The number of halogens is 1. The van der Waals surface area contributed by atoms with Gasteiger partial charge in [0.05, 0.1) is 32.5 Å². The van der Waals surface area contributed by atoms with Crippen molar-refractivity contribution < 1.29 is 9.18 Å². The molecule has 3 aromatic heterocycles. The summed E-state index contributed by atoms with van der Waals surface area (Å²) in [5.74, 6) is -0.561. The molecule has 7 nitrogen and oxygen atoms in total.